The van der Waals surface area contributed by atoms with E-state index in [-0.39, 0.29) is 12.8 Å². The summed E-state index contributed by atoms with van der Waals surface area (Å²) >= 11 is 2.89. The Morgan fingerprint density at radius 1 is 0.627 bits per heavy atom. The van der Waals surface area contributed by atoms with Crippen molar-refractivity contribution in [2.75, 3.05) is 43.8 Å². The fourth-order valence-electron chi connectivity index (χ4n) is 4.46. The molecule has 18 nitrogen and oxygen atoms in total. The minimum Gasteiger partial charge on any atom is -0.480 e. The minimum atomic E-state index is -1.56. The second kappa shape index (κ2) is 26.6. The van der Waals surface area contributed by atoms with Gasteiger partial charge in [0.15, 0.2) is 0 Å². The molecule has 20 heteroatoms. The predicted octanol–water partition coefficient (Wildman–Crippen LogP) is -3.01. The molecule has 0 saturated carbocycles. The number of hydrogen-bond acceptors (Lipinski definition) is 13. The van der Waals surface area contributed by atoms with Gasteiger partial charge in [-0.2, -0.15) is 23.5 Å². The summed E-state index contributed by atoms with van der Waals surface area (Å²) in [5, 5.41) is 44.0. The molecule has 6 amide bonds. The Hall–Kier alpha value is -3.17. The molecule has 0 bridgehead atoms. The van der Waals surface area contributed by atoms with Crippen LogP contribution < -0.4 is 43.4 Å². The number of rotatable bonds is 27. The number of carboxylic acid groups (broad SMARTS) is 1. The van der Waals surface area contributed by atoms with Gasteiger partial charge in [0.2, 0.25) is 35.4 Å². The lowest BCUT2D eigenvalue weighted by atomic mass is 9.97. The molecule has 0 rings (SSSR count). The van der Waals surface area contributed by atoms with Gasteiger partial charge >= 0.3 is 5.97 Å². The summed E-state index contributed by atoms with van der Waals surface area (Å²) in [6.45, 7) is 3.37. The molecule has 0 aliphatic carbocycles. The van der Waals surface area contributed by atoms with Crippen molar-refractivity contribution in [3.8, 4) is 0 Å². The molecule has 0 aromatic rings. The summed E-state index contributed by atoms with van der Waals surface area (Å²) in [6, 6.07) is -8.72. The topological polar surface area (TPSA) is 304 Å². The molecular formula is C31H58N8O10S2. The van der Waals surface area contributed by atoms with Crippen LogP contribution in [-0.2, 0) is 33.6 Å². The van der Waals surface area contributed by atoms with E-state index in [0.29, 0.717) is 43.7 Å². The number of aliphatic hydroxyl groups excluding tert-OH is 2. The normalized spacial score (nSPS) is 15.8. The molecule has 51 heavy (non-hydrogen) atoms. The molecule has 0 aromatic heterocycles. The summed E-state index contributed by atoms with van der Waals surface area (Å²) in [4.78, 5) is 89.6. The van der Waals surface area contributed by atoms with E-state index in [4.69, 9.17) is 11.5 Å². The van der Waals surface area contributed by atoms with Gasteiger partial charge in [0.25, 0.3) is 0 Å². The molecule has 8 atom stereocenters. The molecule has 0 fully saturated rings. The van der Waals surface area contributed by atoms with Crippen LogP contribution in [0.25, 0.3) is 0 Å². The number of carboxylic acids is 1. The molecule has 0 radical (unpaired) electrons. The van der Waals surface area contributed by atoms with E-state index in [0.717, 1.165) is 0 Å². The monoisotopic (exact) mass is 766 g/mol. The van der Waals surface area contributed by atoms with Crippen LogP contribution >= 0.6 is 23.5 Å². The fraction of sp³-hybridized carbons (Fsp3) is 0.774. The summed E-state index contributed by atoms with van der Waals surface area (Å²) < 4.78 is 0. The Morgan fingerprint density at radius 3 is 1.63 bits per heavy atom. The smallest absolute Gasteiger partial charge is 0.326 e. The molecule has 0 spiro atoms. The maximum atomic E-state index is 13.4. The van der Waals surface area contributed by atoms with Crippen LogP contribution in [0.3, 0.4) is 0 Å². The average molecular weight is 767 g/mol. The molecule has 0 unspecified atom stereocenters. The number of carbonyl (C=O) groups is 7. The number of aliphatic hydroxyl groups is 2. The van der Waals surface area contributed by atoms with E-state index in [9.17, 15) is 48.9 Å². The Kier molecular flexibility index (Phi) is 24.9. The molecule has 13 N–H and O–H groups in total. The van der Waals surface area contributed by atoms with Gasteiger partial charge in [0, 0.05) is 0 Å². The third-order valence-corrected chi connectivity index (χ3v) is 9.24. The van der Waals surface area contributed by atoms with Crippen LogP contribution in [0.4, 0.5) is 0 Å². The van der Waals surface area contributed by atoms with Crippen LogP contribution in [0, 0.1) is 5.92 Å². The van der Waals surface area contributed by atoms with Gasteiger partial charge in [-0.15, -0.1) is 0 Å². The summed E-state index contributed by atoms with van der Waals surface area (Å²) in [6.07, 6.45) is 5.66. The van der Waals surface area contributed by atoms with Crippen molar-refractivity contribution in [3.63, 3.8) is 0 Å². The summed E-state index contributed by atoms with van der Waals surface area (Å²) in [5.74, 6) is -5.56. The van der Waals surface area contributed by atoms with Gasteiger partial charge in [-0.1, -0.05) is 20.3 Å². The van der Waals surface area contributed by atoms with Crippen LogP contribution in [0.1, 0.15) is 59.3 Å². The molecule has 0 aromatic carbocycles. The minimum absolute atomic E-state index is 0.118. The maximum Gasteiger partial charge on any atom is 0.326 e. The fourth-order valence-corrected chi connectivity index (χ4v) is 5.42. The molecule has 0 saturated heterocycles. The molecule has 294 valence electrons. The predicted molar refractivity (Wildman–Crippen MR) is 195 cm³/mol. The van der Waals surface area contributed by atoms with Crippen LogP contribution in [0.2, 0.25) is 0 Å². The number of thioether (sulfide) groups is 2. The summed E-state index contributed by atoms with van der Waals surface area (Å²) in [7, 11) is 0. The number of amides is 6. The first kappa shape index (κ1) is 47.8. The molecule has 0 aliphatic rings. The number of nitrogens with one attached hydrogen (secondary N) is 6. The van der Waals surface area contributed by atoms with Gasteiger partial charge in [-0.25, -0.2) is 4.79 Å². The molecule has 0 heterocycles. The number of nitrogens with two attached hydrogens (primary N) is 2. The van der Waals surface area contributed by atoms with Crippen LogP contribution in [0.15, 0.2) is 0 Å². The van der Waals surface area contributed by atoms with Gasteiger partial charge in [-0.3, -0.25) is 28.8 Å². The van der Waals surface area contributed by atoms with Crippen LogP contribution in [-0.4, -0.2) is 143 Å². The van der Waals surface area contributed by atoms with Gasteiger partial charge in [-0.05, 0) is 75.5 Å². The van der Waals surface area contributed by atoms with Gasteiger partial charge < -0.3 is 58.7 Å². The third kappa shape index (κ3) is 18.2. The highest BCUT2D eigenvalue weighted by atomic mass is 32.2. The van der Waals surface area contributed by atoms with E-state index >= 15 is 0 Å². The molecular weight excluding hydrogens is 709 g/mol. The number of hydrogen-bond donors (Lipinski definition) is 11. The van der Waals surface area contributed by atoms with Gasteiger partial charge in [0.05, 0.1) is 19.3 Å². The zero-order valence-electron chi connectivity index (χ0n) is 30.1. The lowest BCUT2D eigenvalue weighted by Gasteiger charge is -2.28. The zero-order valence-corrected chi connectivity index (χ0v) is 31.7. The second-order valence-corrected chi connectivity index (χ2v) is 14.0. The van der Waals surface area contributed by atoms with Crippen LogP contribution in [0.5, 0.6) is 0 Å². The number of carbonyl (C=O) groups excluding carboxylic acids is 6. The van der Waals surface area contributed by atoms with Crippen molar-refractivity contribution in [1.29, 1.82) is 0 Å². The van der Waals surface area contributed by atoms with Gasteiger partial charge in [0.1, 0.15) is 36.3 Å². The van der Waals surface area contributed by atoms with Crippen molar-refractivity contribution in [2.24, 2.45) is 17.4 Å². The van der Waals surface area contributed by atoms with E-state index in [2.05, 4.69) is 31.9 Å². The van der Waals surface area contributed by atoms with E-state index in [1.54, 1.807) is 20.1 Å². The van der Waals surface area contributed by atoms with Crippen molar-refractivity contribution in [2.45, 2.75) is 102 Å². The highest BCUT2D eigenvalue weighted by Crippen LogP contribution is 2.10. The van der Waals surface area contributed by atoms with E-state index in [1.807, 2.05) is 6.26 Å². The largest absolute Gasteiger partial charge is 0.480 e. The Bertz CT molecular complexity index is 1140. The Labute approximate surface area is 307 Å². The Balaban J connectivity index is 5.69. The third-order valence-electron chi connectivity index (χ3n) is 7.95. The Morgan fingerprint density at radius 2 is 1.12 bits per heavy atom. The first-order valence-corrected chi connectivity index (χ1v) is 19.6. The van der Waals surface area contributed by atoms with Crippen molar-refractivity contribution < 1.29 is 48.9 Å². The quantitative estimate of drug-likeness (QED) is 0.0372. The first-order chi connectivity index (χ1) is 24.1. The maximum absolute atomic E-state index is 13.4. The lowest BCUT2D eigenvalue weighted by Crippen LogP contribution is -2.61. The number of unbranched alkanes of at least 4 members (excludes halogenated alkanes) is 1. The van der Waals surface area contributed by atoms with E-state index < -0.39 is 103 Å². The zero-order chi connectivity index (χ0) is 39.1. The van der Waals surface area contributed by atoms with Crippen molar-refractivity contribution >= 4 is 64.9 Å². The second-order valence-electron chi connectivity index (χ2n) is 12.0. The lowest BCUT2D eigenvalue weighted by molar-refractivity contribution is -0.142. The van der Waals surface area contributed by atoms with Crippen molar-refractivity contribution in [1.82, 2.24) is 31.9 Å². The standard InChI is InChI=1S/C31H58N8O10S2/c1-6-17(2)24(39-29(46)23(16-41)37-25(42)18(3)34-26(43)19(33)10-13-50-4)30(47)38-22(15-40)28(45)35-20(11-14-51-5)27(44)36-21(31(48)49)9-7-8-12-32/h17-24,40-41H,6-16,32-33H2,1-5H3,(H,34,43)(H,35,45)(H,36,44)(H,37,42)(H,38,47)(H,39,46)(H,48,49)/t17-,18-,19-,20-,21-,22-,23-,24-/m0/s1. The summed E-state index contributed by atoms with van der Waals surface area (Å²) in [5.41, 5.74) is 11.3. The number of aliphatic carboxylic acids is 1. The van der Waals surface area contributed by atoms with Crippen molar-refractivity contribution in [3.05, 3.63) is 0 Å². The average Bonchev–Trinajstić information content (AvgIpc) is 3.10. The highest BCUT2D eigenvalue weighted by molar-refractivity contribution is 7.98. The highest BCUT2D eigenvalue weighted by Gasteiger charge is 2.34. The first-order valence-electron chi connectivity index (χ1n) is 16.8. The SMILES string of the molecule is CC[C@H](C)[C@H](NC(=O)[C@H](CO)NC(=O)[C@H](C)NC(=O)[C@@H](N)CCSC)C(=O)N[C@@H](CO)C(=O)N[C@@H](CCSC)C(=O)N[C@@H](CCCCN)C(=O)O. The molecule has 0 aliphatic heterocycles. The van der Waals surface area contributed by atoms with E-state index in [1.165, 1.54) is 30.4 Å².